The van der Waals surface area contributed by atoms with Crippen LogP contribution in [-0.2, 0) is 4.79 Å². The molecule has 1 amide bonds. The monoisotopic (exact) mass is 256 g/mol. The van der Waals surface area contributed by atoms with Gasteiger partial charge in [0.15, 0.2) is 0 Å². The van der Waals surface area contributed by atoms with Crippen molar-refractivity contribution in [2.75, 3.05) is 11.9 Å². The Morgan fingerprint density at radius 3 is 2.50 bits per heavy atom. The summed E-state index contributed by atoms with van der Waals surface area (Å²) in [5.41, 5.74) is -0.432. The number of amides is 1. The number of aliphatic hydroxyl groups excluding tert-OH is 1. The van der Waals surface area contributed by atoms with Gasteiger partial charge in [-0.1, -0.05) is 6.07 Å². The van der Waals surface area contributed by atoms with Crippen LogP contribution < -0.4 is 10.6 Å². The van der Waals surface area contributed by atoms with E-state index >= 15 is 0 Å². The Kier molecular flexibility index (Phi) is 3.88. The van der Waals surface area contributed by atoms with E-state index in [0.717, 1.165) is 12.1 Å². The Hall–Kier alpha value is -1.53. The van der Waals surface area contributed by atoms with Crippen molar-refractivity contribution in [2.45, 2.75) is 25.0 Å². The van der Waals surface area contributed by atoms with Crippen LogP contribution in [0.15, 0.2) is 18.2 Å². The molecule has 1 aromatic rings. The number of benzene rings is 1. The molecule has 1 aliphatic carbocycles. The fraction of sp³-hybridized carbons (Fsp3) is 0.417. The van der Waals surface area contributed by atoms with Crippen molar-refractivity contribution < 1.29 is 18.7 Å². The van der Waals surface area contributed by atoms with E-state index in [4.69, 9.17) is 5.11 Å². The molecule has 1 fully saturated rings. The third-order valence-corrected chi connectivity index (χ3v) is 2.89. The van der Waals surface area contributed by atoms with Gasteiger partial charge >= 0.3 is 0 Å². The number of nitrogens with one attached hydrogen (secondary N) is 2. The molecule has 2 rings (SSSR count). The molecule has 0 spiro atoms. The maximum atomic E-state index is 13.2. The first-order valence-electron chi connectivity index (χ1n) is 5.71. The van der Waals surface area contributed by atoms with Gasteiger partial charge in [0.1, 0.15) is 17.3 Å². The molecule has 0 unspecified atom stereocenters. The van der Waals surface area contributed by atoms with Crippen LogP contribution in [0.5, 0.6) is 0 Å². The molecule has 0 aliphatic heterocycles. The van der Waals surface area contributed by atoms with Crippen molar-refractivity contribution in [2.24, 2.45) is 0 Å². The molecule has 3 N–H and O–H groups in total. The van der Waals surface area contributed by atoms with Crippen LogP contribution >= 0.6 is 0 Å². The van der Waals surface area contributed by atoms with E-state index < -0.39 is 23.2 Å². The highest BCUT2D eigenvalue weighted by atomic mass is 19.1. The van der Waals surface area contributed by atoms with E-state index in [-0.39, 0.29) is 18.7 Å². The number of anilines is 1. The Bertz CT molecular complexity index is 427. The quantitative estimate of drug-likeness (QED) is 0.753. The normalized spacial score (nSPS) is 22.4. The van der Waals surface area contributed by atoms with E-state index in [1.54, 1.807) is 0 Å². The number of para-hydroxylation sites is 1. The summed E-state index contributed by atoms with van der Waals surface area (Å²) < 4.78 is 26.5. The number of halogens is 2. The van der Waals surface area contributed by atoms with Gasteiger partial charge in [0, 0.05) is 6.04 Å². The topological polar surface area (TPSA) is 61.4 Å². The first kappa shape index (κ1) is 12.9. The fourth-order valence-corrected chi connectivity index (χ4v) is 1.79. The molecule has 0 atom stereocenters. The highest BCUT2D eigenvalue weighted by Crippen LogP contribution is 2.19. The summed E-state index contributed by atoms with van der Waals surface area (Å²) in [4.78, 5) is 11.5. The van der Waals surface area contributed by atoms with Gasteiger partial charge < -0.3 is 15.7 Å². The summed E-state index contributed by atoms with van der Waals surface area (Å²) in [6.45, 7) is -0.0365. The van der Waals surface area contributed by atoms with Crippen molar-refractivity contribution in [1.82, 2.24) is 5.32 Å². The number of hydrogen-bond donors (Lipinski definition) is 3. The van der Waals surface area contributed by atoms with Gasteiger partial charge in [0.2, 0.25) is 5.91 Å². The minimum Gasteiger partial charge on any atom is -0.393 e. The molecule has 1 saturated carbocycles. The molecule has 18 heavy (non-hydrogen) atoms. The second-order valence-electron chi connectivity index (χ2n) is 4.35. The standard InChI is InChI=1S/C12H14F2N2O2/c13-9-2-1-3-10(14)12(9)16-11(18)6-15-7-4-8(17)5-7/h1-3,7-8,15,17H,4-6H2,(H,16,18). The highest BCUT2D eigenvalue weighted by molar-refractivity contribution is 5.92. The lowest BCUT2D eigenvalue weighted by molar-refractivity contribution is -0.115. The molecular formula is C12H14F2N2O2. The second kappa shape index (κ2) is 5.41. The zero-order valence-electron chi connectivity index (χ0n) is 9.62. The molecule has 0 heterocycles. The summed E-state index contributed by atoms with van der Waals surface area (Å²) in [5, 5.41) is 14.1. The van der Waals surface area contributed by atoms with Crippen molar-refractivity contribution in [3.8, 4) is 0 Å². The van der Waals surface area contributed by atoms with Crippen LogP contribution in [0, 0.1) is 11.6 Å². The van der Waals surface area contributed by atoms with Gasteiger partial charge in [-0.05, 0) is 25.0 Å². The van der Waals surface area contributed by atoms with Gasteiger partial charge in [0.05, 0.1) is 12.6 Å². The summed E-state index contributed by atoms with van der Waals surface area (Å²) in [5.74, 6) is -2.12. The molecule has 98 valence electrons. The third kappa shape index (κ3) is 3.02. The summed E-state index contributed by atoms with van der Waals surface area (Å²) in [6, 6.07) is 3.48. The second-order valence-corrected chi connectivity index (χ2v) is 4.35. The van der Waals surface area contributed by atoms with Crippen LogP contribution in [0.3, 0.4) is 0 Å². The number of aliphatic hydroxyl groups is 1. The molecule has 1 aromatic carbocycles. The zero-order valence-corrected chi connectivity index (χ0v) is 9.62. The van der Waals surface area contributed by atoms with Crippen molar-refractivity contribution in [1.29, 1.82) is 0 Å². The van der Waals surface area contributed by atoms with E-state index in [1.165, 1.54) is 6.07 Å². The summed E-state index contributed by atoms with van der Waals surface area (Å²) >= 11 is 0. The zero-order chi connectivity index (χ0) is 13.1. The maximum Gasteiger partial charge on any atom is 0.238 e. The minimum atomic E-state index is -0.803. The summed E-state index contributed by atoms with van der Waals surface area (Å²) in [7, 11) is 0. The maximum absolute atomic E-state index is 13.2. The van der Waals surface area contributed by atoms with Crippen molar-refractivity contribution in [3.63, 3.8) is 0 Å². The van der Waals surface area contributed by atoms with Gasteiger partial charge in [-0.2, -0.15) is 0 Å². The van der Waals surface area contributed by atoms with Crippen molar-refractivity contribution >= 4 is 11.6 Å². The number of carbonyl (C=O) groups is 1. The van der Waals surface area contributed by atoms with Crippen LogP contribution in [0.25, 0.3) is 0 Å². The van der Waals surface area contributed by atoms with Crippen molar-refractivity contribution in [3.05, 3.63) is 29.8 Å². The molecule has 6 heteroatoms. The lowest BCUT2D eigenvalue weighted by Gasteiger charge is -2.31. The van der Waals surface area contributed by atoms with Gasteiger partial charge in [-0.3, -0.25) is 4.79 Å². The first-order valence-corrected chi connectivity index (χ1v) is 5.71. The Morgan fingerprint density at radius 1 is 1.33 bits per heavy atom. The fourth-order valence-electron chi connectivity index (χ4n) is 1.79. The average molecular weight is 256 g/mol. The number of rotatable bonds is 4. The van der Waals surface area contributed by atoms with E-state index in [1.807, 2.05) is 0 Å². The largest absolute Gasteiger partial charge is 0.393 e. The average Bonchev–Trinajstić information content (AvgIpc) is 2.28. The first-order chi connectivity index (χ1) is 8.56. The van der Waals surface area contributed by atoms with E-state index in [0.29, 0.717) is 12.8 Å². The van der Waals surface area contributed by atoms with E-state index in [2.05, 4.69) is 10.6 Å². The number of carbonyl (C=O) groups excluding carboxylic acids is 1. The summed E-state index contributed by atoms with van der Waals surface area (Å²) in [6.07, 6.45) is 0.887. The van der Waals surface area contributed by atoms with Gasteiger partial charge in [-0.25, -0.2) is 8.78 Å². The molecular weight excluding hydrogens is 242 g/mol. The predicted molar refractivity (Wildman–Crippen MR) is 62.0 cm³/mol. The molecule has 0 saturated heterocycles. The molecule has 1 aliphatic rings. The minimum absolute atomic E-state index is 0.0365. The van der Waals surface area contributed by atoms with Crippen LogP contribution in [0.1, 0.15) is 12.8 Å². The Labute approximate surface area is 103 Å². The molecule has 0 bridgehead atoms. The van der Waals surface area contributed by atoms with Gasteiger partial charge in [0.25, 0.3) is 0 Å². The Balaban J connectivity index is 1.83. The molecule has 0 radical (unpaired) electrons. The lowest BCUT2D eigenvalue weighted by atomic mass is 9.89. The molecule has 0 aromatic heterocycles. The number of hydrogen-bond acceptors (Lipinski definition) is 3. The molecule has 4 nitrogen and oxygen atoms in total. The highest BCUT2D eigenvalue weighted by Gasteiger charge is 2.27. The predicted octanol–water partition coefficient (Wildman–Crippen LogP) is 1.02. The van der Waals surface area contributed by atoms with Crippen LogP contribution in [-0.4, -0.2) is 29.7 Å². The SMILES string of the molecule is O=C(CNC1CC(O)C1)Nc1c(F)cccc1F. The van der Waals surface area contributed by atoms with Crippen LogP contribution in [0.2, 0.25) is 0 Å². The van der Waals surface area contributed by atoms with Crippen LogP contribution in [0.4, 0.5) is 14.5 Å². The lowest BCUT2D eigenvalue weighted by Crippen LogP contribution is -2.46. The Morgan fingerprint density at radius 2 is 1.94 bits per heavy atom. The van der Waals surface area contributed by atoms with Gasteiger partial charge in [-0.15, -0.1) is 0 Å². The smallest absolute Gasteiger partial charge is 0.238 e. The van der Waals surface area contributed by atoms with E-state index in [9.17, 15) is 13.6 Å². The third-order valence-electron chi connectivity index (χ3n) is 2.89.